The van der Waals surface area contributed by atoms with Gasteiger partial charge in [-0.1, -0.05) is 0 Å². The van der Waals surface area contributed by atoms with Crippen molar-refractivity contribution in [1.82, 2.24) is 14.7 Å². The predicted octanol–water partition coefficient (Wildman–Crippen LogP) is 2.11. The highest BCUT2D eigenvalue weighted by Gasteiger charge is 2.00. The first-order valence-corrected chi connectivity index (χ1v) is 5.99. The van der Waals surface area contributed by atoms with E-state index in [9.17, 15) is 0 Å². The molecule has 0 aliphatic carbocycles. The number of halogens is 1. The van der Waals surface area contributed by atoms with Crippen LogP contribution in [0.1, 0.15) is 12.1 Å². The van der Waals surface area contributed by atoms with Crippen molar-refractivity contribution in [2.24, 2.45) is 0 Å². The van der Waals surface area contributed by atoms with Crippen LogP contribution in [0.4, 0.5) is 0 Å². The molecule has 0 radical (unpaired) electrons. The van der Waals surface area contributed by atoms with Crippen LogP contribution in [0.25, 0.3) is 4.96 Å². The topological polar surface area (TPSA) is 29.3 Å². The third-order valence-corrected chi connectivity index (χ3v) is 2.97. The zero-order valence-corrected chi connectivity index (χ0v) is 9.31. The second kappa shape index (κ2) is 4.77. The first kappa shape index (κ1) is 9.96. The summed E-state index contributed by atoms with van der Waals surface area (Å²) >= 11 is 7.23. The van der Waals surface area contributed by atoms with Crippen LogP contribution < -0.4 is 5.32 Å². The number of nitrogens with zero attached hydrogens (tertiary/aromatic N) is 2. The lowest BCUT2D eigenvalue weighted by Gasteiger charge is -1.98. The van der Waals surface area contributed by atoms with Crippen LogP contribution in [0.15, 0.2) is 17.8 Å². The van der Waals surface area contributed by atoms with Crippen LogP contribution in [0.3, 0.4) is 0 Å². The summed E-state index contributed by atoms with van der Waals surface area (Å²) in [5, 5.41) is 5.33. The maximum Gasteiger partial charge on any atom is 0.193 e. The van der Waals surface area contributed by atoms with Crippen molar-refractivity contribution in [1.29, 1.82) is 0 Å². The summed E-state index contributed by atoms with van der Waals surface area (Å²) in [7, 11) is 0. The maximum atomic E-state index is 5.57. The zero-order chi connectivity index (χ0) is 9.80. The van der Waals surface area contributed by atoms with E-state index in [0.29, 0.717) is 5.88 Å². The summed E-state index contributed by atoms with van der Waals surface area (Å²) < 4.78 is 2.04. The summed E-state index contributed by atoms with van der Waals surface area (Å²) in [6.45, 7) is 1.78. The second-order valence-electron chi connectivity index (χ2n) is 3.04. The van der Waals surface area contributed by atoms with Crippen molar-refractivity contribution in [3.05, 3.63) is 23.5 Å². The Morgan fingerprint density at radius 3 is 3.29 bits per heavy atom. The summed E-state index contributed by atoms with van der Waals surface area (Å²) in [5.74, 6) is 0.714. The average molecular weight is 230 g/mol. The van der Waals surface area contributed by atoms with Gasteiger partial charge in [0.25, 0.3) is 0 Å². The van der Waals surface area contributed by atoms with E-state index in [-0.39, 0.29) is 0 Å². The van der Waals surface area contributed by atoms with Crippen molar-refractivity contribution in [2.45, 2.75) is 13.0 Å². The van der Waals surface area contributed by atoms with Crippen LogP contribution >= 0.6 is 22.9 Å². The van der Waals surface area contributed by atoms with Crippen LogP contribution in [-0.2, 0) is 6.54 Å². The first-order chi connectivity index (χ1) is 6.90. The van der Waals surface area contributed by atoms with E-state index in [4.69, 9.17) is 11.6 Å². The molecule has 0 bridgehead atoms. The predicted molar refractivity (Wildman–Crippen MR) is 60.1 cm³/mol. The molecule has 14 heavy (non-hydrogen) atoms. The molecule has 0 spiro atoms. The van der Waals surface area contributed by atoms with Gasteiger partial charge >= 0.3 is 0 Å². The van der Waals surface area contributed by atoms with E-state index < -0.39 is 0 Å². The van der Waals surface area contributed by atoms with E-state index in [1.807, 2.05) is 16.0 Å². The van der Waals surface area contributed by atoms with Gasteiger partial charge in [0, 0.05) is 30.2 Å². The molecule has 0 aliphatic rings. The number of nitrogens with one attached hydrogen (secondary N) is 1. The lowest BCUT2D eigenvalue weighted by Crippen LogP contribution is -2.15. The lowest BCUT2D eigenvalue weighted by molar-refractivity contribution is 0.669. The molecule has 0 saturated carbocycles. The Morgan fingerprint density at radius 2 is 2.50 bits per heavy atom. The van der Waals surface area contributed by atoms with Gasteiger partial charge in [-0.15, -0.1) is 22.9 Å². The number of alkyl halides is 1. The first-order valence-electron chi connectivity index (χ1n) is 4.58. The van der Waals surface area contributed by atoms with E-state index in [0.717, 1.165) is 30.2 Å². The smallest absolute Gasteiger partial charge is 0.193 e. The normalized spacial score (nSPS) is 11.2. The van der Waals surface area contributed by atoms with Gasteiger partial charge in [0.2, 0.25) is 0 Å². The van der Waals surface area contributed by atoms with Gasteiger partial charge in [0.1, 0.15) is 0 Å². The summed E-state index contributed by atoms with van der Waals surface area (Å²) in [4.78, 5) is 5.51. The van der Waals surface area contributed by atoms with Crippen LogP contribution in [-0.4, -0.2) is 21.8 Å². The highest BCUT2D eigenvalue weighted by Crippen LogP contribution is 2.10. The molecule has 1 N–H and O–H groups in total. The second-order valence-corrected chi connectivity index (χ2v) is 4.30. The number of rotatable bonds is 5. The van der Waals surface area contributed by atoms with Gasteiger partial charge in [-0.3, -0.25) is 4.40 Å². The van der Waals surface area contributed by atoms with E-state index >= 15 is 0 Å². The molecule has 0 aliphatic heterocycles. The summed E-state index contributed by atoms with van der Waals surface area (Å²) in [6, 6.07) is 0. The average Bonchev–Trinajstić information content (AvgIpc) is 2.72. The molecule has 2 aromatic heterocycles. The molecule has 2 aromatic rings. The Morgan fingerprint density at radius 1 is 1.57 bits per heavy atom. The Bertz CT molecular complexity index is 367. The molecule has 2 heterocycles. The molecule has 0 amide bonds. The minimum Gasteiger partial charge on any atom is -0.311 e. The molecule has 0 fully saturated rings. The number of thiazole rings is 1. The van der Waals surface area contributed by atoms with Crippen molar-refractivity contribution >= 4 is 27.9 Å². The van der Waals surface area contributed by atoms with Crippen molar-refractivity contribution < 1.29 is 0 Å². The number of aromatic nitrogens is 2. The van der Waals surface area contributed by atoms with Gasteiger partial charge < -0.3 is 5.32 Å². The number of hydrogen-bond acceptors (Lipinski definition) is 3. The van der Waals surface area contributed by atoms with Crippen LogP contribution in [0, 0.1) is 0 Å². The molecular formula is C9H12ClN3S. The highest BCUT2D eigenvalue weighted by atomic mass is 35.5. The van der Waals surface area contributed by atoms with E-state index in [2.05, 4.69) is 16.5 Å². The minimum absolute atomic E-state index is 0.714. The molecule has 0 unspecified atom stereocenters. The van der Waals surface area contributed by atoms with Gasteiger partial charge in [0.05, 0.1) is 5.69 Å². The monoisotopic (exact) mass is 229 g/mol. The standard InChI is InChI=1S/C9H12ClN3S/c10-2-1-3-11-6-8-7-13-4-5-14-9(13)12-8/h4-5,7,11H,1-3,6H2. The fraction of sp³-hybridized carbons (Fsp3) is 0.444. The number of imidazole rings is 1. The fourth-order valence-electron chi connectivity index (χ4n) is 1.27. The summed E-state index contributed by atoms with van der Waals surface area (Å²) in [6.07, 6.45) is 5.08. The molecular weight excluding hydrogens is 218 g/mol. The molecule has 76 valence electrons. The molecule has 0 atom stereocenters. The minimum atomic E-state index is 0.714. The van der Waals surface area contributed by atoms with E-state index in [1.54, 1.807) is 11.3 Å². The van der Waals surface area contributed by atoms with Crippen LogP contribution in [0.2, 0.25) is 0 Å². The molecule has 0 aromatic carbocycles. The highest BCUT2D eigenvalue weighted by molar-refractivity contribution is 7.15. The lowest BCUT2D eigenvalue weighted by atomic mass is 10.4. The number of fused-ring (bicyclic) bond motifs is 1. The Hall–Kier alpha value is -0.580. The van der Waals surface area contributed by atoms with E-state index in [1.165, 1.54) is 0 Å². The molecule has 0 saturated heterocycles. The van der Waals surface area contributed by atoms with Crippen molar-refractivity contribution in [3.8, 4) is 0 Å². The van der Waals surface area contributed by atoms with Gasteiger partial charge in [-0.25, -0.2) is 4.98 Å². The SMILES string of the molecule is ClCCCNCc1cn2ccsc2n1. The third-order valence-electron chi connectivity index (χ3n) is 1.94. The number of hydrogen-bond donors (Lipinski definition) is 1. The van der Waals surface area contributed by atoms with Crippen molar-refractivity contribution in [2.75, 3.05) is 12.4 Å². The zero-order valence-electron chi connectivity index (χ0n) is 7.74. The Kier molecular flexibility index (Phi) is 3.39. The van der Waals surface area contributed by atoms with Gasteiger partial charge in [-0.05, 0) is 13.0 Å². The molecule has 5 heteroatoms. The van der Waals surface area contributed by atoms with Gasteiger partial charge in [0.15, 0.2) is 4.96 Å². The van der Waals surface area contributed by atoms with Crippen LogP contribution in [0.5, 0.6) is 0 Å². The molecule has 3 nitrogen and oxygen atoms in total. The summed E-state index contributed by atoms with van der Waals surface area (Å²) in [5.41, 5.74) is 1.09. The Labute approximate surface area is 91.7 Å². The largest absolute Gasteiger partial charge is 0.311 e. The Balaban J connectivity index is 1.89. The van der Waals surface area contributed by atoms with Crippen molar-refractivity contribution in [3.63, 3.8) is 0 Å². The maximum absolute atomic E-state index is 5.57. The fourth-order valence-corrected chi connectivity index (χ4v) is 2.12. The quantitative estimate of drug-likeness (QED) is 0.629. The van der Waals surface area contributed by atoms with Gasteiger partial charge in [-0.2, -0.15) is 0 Å². The molecule has 2 rings (SSSR count). The third kappa shape index (κ3) is 2.26.